The van der Waals surface area contributed by atoms with Crippen molar-refractivity contribution in [1.82, 2.24) is 0 Å². The normalized spacial score (nSPS) is 10.4. The number of nitro groups is 1. The molecule has 0 N–H and O–H groups in total. The van der Waals surface area contributed by atoms with Gasteiger partial charge in [0.15, 0.2) is 0 Å². The predicted octanol–water partition coefficient (Wildman–Crippen LogP) is 5.08. The zero-order chi connectivity index (χ0) is 20.1. The highest BCUT2D eigenvalue weighted by Gasteiger charge is 2.22. The Morgan fingerprint density at radius 1 is 1.00 bits per heavy atom. The zero-order valence-corrected chi connectivity index (χ0v) is 14.4. The van der Waals surface area contributed by atoms with Crippen LogP contribution in [0.15, 0.2) is 72.8 Å². The molecule has 0 saturated carbocycles. The number of hydrogen-bond donors (Lipinski definition) is 0. The first-order valence-electron chi connectivity index (χ1n) is 8.17. The molecule has 3 aromatic rings. The van der Waals surface area contributed by atoms with E-state index in [1.165, 1.54) is 24.3 Å². The maximum Gasteiger partial charge on any atom is 0.420 e. The number of nitrogens with zero attached hydrogens (tertiary/aromatic N) is 2. The molecule has 0 aliphatic carbocycles. The van der Waals surface area contributed by atoms with E-state index in [0.717, 1.165) is 17.0 Å². The summed E-state index contributed by atoms with van der Waals surface area (Å²) in [5.74, 6) is -1.64. The molecule has 8 heteroatoms. The van der Waals surface area contributed by atoms with Gasteiger partial charge in [-0.1, -0.05) is 30.3 Å². The number of anilines is 1. The summed E-state index contributed by atoms with van der Waals surface area (Å²) in [7, 11) is 0. The molecule has 0 aliphatic heterocycles. The lowest BCUT2D eigenvalue weighted by atomic mass is 10.2. The third-order valence-electron chi connectivity index (χ3n) is 3.86. The van der Waals surface area contributed by atoms with Crippen molar-refractivity contribution < 1.29 is 23.2 Å². The number of nitro benzene ring substituents is 1. The Bertz CT molecular complexity index is 995. The van der Waals surface area contributed by atoms with Crippen molar-refractivity contribution in [2.24, 2.45) is 0 Å². The van der Waals surface area contributed by atoms with Crippen molar-refractivity contribution in [3.63, 3.8) is 0 Å². The standard InChI is InChI=1S/C20H14F2N2O4/c21-15-6-11-19(18(22)12-15)23(13-14-4-2-1-3-5-14)20(25)28-17-9-7-16(8-10-17)24(26)27/h1-12H,13H2. The Labute approximate surface area is 158 Å². The second-order valence-electron chi connectivity index (χ2n) is 5.79. The molecule has 3 rings (SSSR count). The van der Waals surface area contributed by atoms with Gasteiger partial charge in [0.05, 0.1) is 17.2 Å². The lowest BCUT2D eigenvalue weighted by Gasteiger charge is -2.22. The zero-order valence-electron chi connectivity index (χ0n) is 14.4. The van der Waals surface area contributed by atoms with Crippen LogP contribution in [0.4, 0.5) is 25.0 Å². The summed E-state index contributed by atoms with van der Waals surface area (Å²) in [6, 6.07) is 16.5. The van der Waals surface area contributed by atoms with Crippen LogP contribution in [-0.4, -0.2) is 11.0 Å². The van der Waals surface area contributed by atoms with Gasteiger partial charge in [-0.25, -0.2) is 13.6 Å². The predicted molar refractivity (Wildman–Crippen MR) is 98.1 cm³/mol. The van der Waals surface area contributed by atoms with Crippen molar-refractivity contribution >= 4 is 17.5 Å². The fraction of sp³-hybridized carbons (Fsp3) is 0.0500. The summed E-state index contributed by atoms with van der Waals surface area (Å²) >= 11 is 0. The number of non-ortho nitro benzene ring substituents is 1. The first-order valence-corrected chi connectivity index (χ1v) is 8.17. The number of carbonyl (C=O) groups excluding carboxylic acids is 1. The van der Waals surface area contributed by atoms with Crippen LogP contribution >= 0.6 is 0 Å². The van der Waals surface area contributed by atoms with Crippen LogP contribution < -0.4 is 9.64 Å². The molecular formula is C20H14F2N2O4. The van der Waals surface area contributed by atoms with Crippen LogP contribution in [0.3, 0.4) is 0 Å². The monoisotopic (exact) mass is 384 g/mol. The highest BCUT2D eigenvalue weighted by atomic mass is 19.1. The largest absolute Gasteiger partial charge is 0.420 e. The van der Waals surface area contributed by atoms with Crippen molar-refractivity contribution in [3.05, 3.63) is 100 Å². The maximum absolute atomic E-state index is 14.3. The number of carbonyl (C=O) groups is 1. The quantitative estimate of drug-likeness (QED) is 0.454. The van der Waals surface area contributed by atoms with Crippen LogP contribution in [0.1, 0.15) is 5.56 Å². The van der Waals surface area contributed by atoms with Gasteiger partial charge in [-0.05, 0) is 29.8 Å². The average molecular weight is 384 g/mol. The van der Waals surface area contributed by atoms with Gasteiger partial charge in [0, 0.05) is 18.2 Å². The molecule has 0 atom stereocenters. The van der Waals surface area contributed by atoms with E-state index in [-0.39, 0.29) is 23.7 Å². The Morgan fingerprint density at radius 3 is 2.29 bits per heavy atom. The fourth-order valence-corrected chi connectivity index (χ4v) is 2.51. The fourth-order valence-electron chi connectivity index (χ4n) is 2.51. The van der Waals surface area contributed by atoms with Crippen LogP contribution in [-0.2, 0) is 6.54 Å². The molecule has 142 valence electrons. The van der Waals surface area contributed by atoms with E-state index in [9.17, 15) is 23.7 Å². The topological polar surface area (TPSA) is 72.7 Å². The molecule has 0 unspecified atom stereocenters. The summed E-state index contributed by atoms with van der Waals surface area (Å²) in [5, 5.41) is 10.7. The molecule has 3 aromatic carbocycles. The molecule has 1 amide bonds. The van der Waals surface area contributed by atoms with E-state index in [1.54, 1.807) is 30.3 Å². The molecule has 0 aromatic heterocycles. The van der Waals surface area contributed by atoms with E-state index >= 15 is 0 Å². The highest BCUT2D eigenvalue weighted by molar-refractivity contribution is 5.89. The maximum atomic E-state index is 14.3. The van der Waals surface area contributed by atoms with Crippen LogP contribution in [0, 0.1) is 21.7 Å². The molecular weight excluding hydrogens is 370 g/mol. The van der Waals surface area contributed by atoms with Crippen molar-refractivity contribution in [2.45, 2.75) is 6.54 Å². The molecule has 28 heavy (non-hydrogen) atoms. The van der Waals surface area contributed by atoms with E-state index in [2.05, 4.69) is 0 Å². The third-order valence-corrected chi connectivity index (χ3v) is 3.86. The minimum atomic E-state index is -0.920. The minimum absolute atomic E-state index is 0.0186. The molecule has 0 heterocycles. The number of halogens is 2. The van der Waals surface area contributed by atoms with Crippen LogP contribution in [0.25, 0.3) is 0 Å². The van der Waals surface area contributed by atoms with Gasteiger partial charge in [-0.3, -0.25) is 15.0 Å². The average Bonchev–Trinajstić information content (AvgIpc) is 2.68. The summed E-state index contributed by atoms with van der Waals surface area (Å²) in [6.07, 6.45) is -0.914. The Morgan fingerprint density at radius 2 is 1.68 bits per heavy atom. The van der Waals surface area contributed by atoms with Crippen molar-refractivity contribution in [2.75, 3.05) is 4.90 Å². The Hall–Kier alpha value is -3.81. The molecule has 0 saturated heterocycles. The summed E-state index contributed by atoms with van der Waals surface area (Å²) in [4.78, 5) is 23.8. The van der Waals surface area contributed by atoms with Gasteiger partial charge in [-0.2, -0.15) is 0 Å². The van der Waals surface area contributed by atoms with E-state index in [1.807, 2.05) is 0 Å². The van der Waals surface area contributed by atoms with Gasteiger partial charge in [0.25, 0.3) is 5.69 Å². The molecule has 0 spiro atoms. The van der Waals surface area contributed by atoms with E-state index in [0.29, 0.717) is 11.6 Å². The van der Waals surface area contributed by atoms with Gasteiger partial charge in [0.1, 0.15) is 17.4 Å². The van der Waals surface area contributed by atoms with Crippen LogP contribution in [0.5, 0.6) is 5.75 Å². The SMILES string of the molecule is O=C(Oc1ccc([N+](=O)[O-])cc1)N(Cc1ccccc1)c1ccc(F)cc1F. The summed E-state index contributed by atoms with van der Waals surface area (Å²) in [5.41, 5.74) is 0.384. The number of benzene rings is 3. The summed E-state index contributed by atoms with van der Waals surface area (Å²) < 4.78 is 32.8. The third kappa shape index (κ3) is 4.47. The Kier molecular flexibility index (Phi) is 5.59. The molecule has 0 radical (unpaired) electrons. The number of hydrogen-bond acceptors (Lipinski definition) is 4. The van der Waals surface area contributed by atoms with E-state index < -0.39 is 22.7 Å². The summed E-state index contributed by atoms with van der Waals surface area (Å²) in [6.45, 7) is -0.0186. The number of amides is 1. The molecule has 0 bridgehead atoms. The molecule has 0 fully saturated rings. The van der Waals surface area contributed by atoms with Crippen molar-refractivity contribution in [1.29, 1.82) is 0 Å². The first kappa shape index (κ1) is 19.0. The number of rotatable bonds is 5. The number of ether oxygens (including phenoxy) is 1. The first-order chi connectivity index (χ1) is 13.4. The van der Waals surface area contributed by atoms with Crippen LogP contribution in [0.2, 0.25) is 0 Å². The van der Waals surface area contributed by atoms with Gasteiger partial charge < -0.3 is 4.74 Å². The minimum Gasteiger partial charge on any atom is -0.410 e. The van der Waals surface area contributed by atoms with Crippen molar-refractivity contribution in [3.8, 4) is 5.75 Å². The lowest BCUT2D eigenvalue weighted by molar-refractivity contribution is -0.384. The highest BCUT2D eigenvalue weighted by Crippen LogP contribution is 2.25. The van der Waals surface area contributed by atoms with Gasteiger partial charge in [0.2, 0.25) is 0 Å². The lowest BCUT2D eigenvalue weighted by Crippen LogP contribution is -2.33. The molecule has 6 nitrogen and oxygen atoms in total. The van der Waals surface area contributed by atoms with E-state index in [4.69, 9.17) is 4.74 Å². The second kappa shape index (κ2) is 8.26. The van der Waals surface area contributed by atoms with Gasteiger partial charge in [-0.15, -0.1) is 0 Å². The smallest absolute Gasteiger partial charge is 0.410 e. The Balaban J connectivity index is 1.88. The molecule has 0 aliphatic rings. The van der Waals surface area contributed by atoms with Gasteiger partial charge >= 0.3 is 6.09 Å². The second-order valence-corrected chi connectivity index (χ2v) is 5.79.